The predicted octanol–water partition coefficient (Wildman–Crippen LogP) is 1.72. The van der Waals surface area contributed by atoms with Gasteiger partial charge in [-0.05, 0) is 32.9 Å². The van der Waals surface area contributed by atoms with Crippen LogP contribution in [0, 0.1) is 6.92 Å². The highest BCUT2D eigenvalue weighted by Gasteiger charge is 2.25. The fourth-order valence-electron chi connectivity index (χ4n) is 3.37. The van der Waals surface area contributed by atoms with E-state index in [1.165, 1.54) is 6.33 Å². The van der Waals surface area contributed by atoms with Crippen LogP contribution in [0.5, 0.6) is 0 Å². The highest BCUT2D eigenvalue weighted by Crippen LogP contribution is 2.23. The summed E-state index contributed by atoms with van der Waals surface area (Å²) in [5.41, 5.74) is 1.41. The number of fused-ring (bicyclic) bond motifs is 1. The molecule has 0 spiro atoms. The molecule has 28 heavy (non-hydrogen) atoms. The Labute approximate surface area is 163 Å². The smallest absolute Gasteiger partial charge is 0.342 e. The molecule has 1 fully saturated rings. The summed E-state index contributed by atoms with van der Waals surface area (Å²) in [6.07, 6.45) is 3.05. The van der Waals surface area contributed by atoms with Crippen molar-refractivity contribution in [3.63, 3.8) is 0 Å². The first-order valence-electron chi connectivity index (χ1n) is 9.36. The monoisotopic (exact) mass is 381 g/mol. The maximum absolute atomic E-state index is 12.4. The van der Waals surface area contributed by atoms with E-state index >= 15 is 0 Å². The molecule has 1 aliphatic heterocycles. The van der Waals surface area contributed by atoms with E-state index in [1.807, 2.05) is 26.8 Å². The van der Waals surface area contributed by atoms with E-state index in [0.29, 0.717) is 17.2 Å². The zero-order valence-electron chi connectivity index (χ0n) is 16.2. The third kappa shape index (κ3) is 3.47. The van der Waals surface area contributed by atoms with Gasteiger partial charge in [0.25, 0.3) is 5.78 Å². The number of rotatable bonds is 4. The largest absolute Gasteiger partial charge is 0.459 e. The van der Waals surface area contributed by atoms with Crippen LogP contribution in [0.25, 0.3) is 5.78 Å². The lowest BCUT2D eigenvalue weighted by Gasteiger charge is -2.37. The molecule has 0 aliphatic carbocycles. The minimum Gasteiger partial charge on any atom is -0.459 e. The van der Waals surface area contributed by atoms with E-state index in [4.69, 9.17) is 4.74 Å². The van der Waals surface area contributed by atoms with Crippen molar-refractivity contribution in [2.45, 2.75) is 26.9 Å². The van der Waals surface area contributed by atoms with Gasteiger partial charge in [0.15, 0.2) is 0 Å². The van der Waals surface area contributed by atoms with Crippen molar-refractivity contribution in [2.75, 3.05) is 36.0 Å². The molecule has 0 amide bonds. The molecule has 0 bridgehead atoms. The molecule has 1 aliphatic rings. The molecule has 0 radical (unpaired) electrons. The fourth-order valence-corrected chi connectivity index (χ4v) is 3.37. The first-order valence-corrected chi connectivity index (χ1v) is 9.36. The van der Waals surface area contributed by atoms with Gasteiger partial charge in [0.1, 0.15) is 23.5 Å². The molecular weight excluding hydrogens is 358 g/mol. The molecule has 0 unspecified atom stereocenters. The standard InChI is InChI=1S/C19H23N7O2/c1-13(2)28-18(27)15-5-4-6-20-17(15)25-9-7-24(8-10-25)16-11-14(3)23-19-21-12-22-26(16)19/h4-6,11-13H,7-10H2,1-3H3. The lowest BCUT2D eigenvalue weighted by Crippen LogP contribution is -2.48. The molecule has 3 aromatic heterocycles. The zero-order valence-corrected chi connectivity index (χ0v) is 16.2. The molecule has 3 aromatic rings. The minimum absolute atomic E-state index is 0.169. The number of pyridine rings is 1. The van der Waals surface area contributed by atoms with Gasteiger partial charge >= 0.3 is 5.97 Å². The van der Waals surface area contributed by atoms with Gasteiger partial charge in [0.2, 0.25) is 0 Å². The van der Waals surface area contributed by atoms with Gasteiger partial charge in [-0.15, -0.1) is 0 Å². The normalized spacial score (nSPS) is 14.7. The van der Waals surface area contributed by atoms with E-state index in [-0.39, 0.29) is 12.1 Å². The summed E-state index contributed by atoms with van der Waals surface area (Å²) in [7, 11) is 0. The van der Waals surface area contributed by atoms with Crippen molar-refractivity contribution in [2.24, 2.45) is 0 Å². The summed E-state index contributed by atoms with van der Waals surface area (Å²) in [6.45, 7) is 8.64. The Kier molecular flexibility index (Phi) is 4.81. The molecule has 0 N–H and O–H groups in total. The Balaban J connectivity index is 1.53. The van der Waals surface area contributed by atoms with Gasteiger partial charge in [0, 0.05) is 44.1 Å². The van der Waals surface area contributed by atoms with Crippen LogP contribution in [-0.4, -0.2) is 62.8 Å². The Bertz CT molecular complexity index is 993. The number of carbonyl (C=O) groups excluding carboxylic acids is 1. The van der Waals surface area contributed by atoms with Gasteiger partial charge in [-0.2, -0.15) is 14.6 Å². The molecule has 9 nitrogen and oxygen atoms in total. The number of nitrogens with zero attached hydrogens (tertiary/aromatic N) is 7. The van der Waals surface area contributed by atoms with E-state index in [2.05, 4.69) is 29.9 Å². The summed E-state index contributed by atoms with van der Waals surface area (Å²) in [5.74, 6) is 1.90. The molecular formula is C19H23N7O2. The number of aromatic nitrogens is 5. The Morgan fingerprint density at radius 2 is 1.89 bits per heavy atom. The molecule has 146 valence electrons. The Hall–Kier alpha value is -3.23. The number of esters is 1. The fraction of sp³-hybridized carbons (Fsp3) is 0.421. The van der Waals surface area contributed by atoms with Gasteiger partial charge in [0.05, 0.1) is 6.10 Å². The summed E-state index contributed by atoms with van der Waals surface area (Å²) in [5, 5.41) is 4.29. The number of piperazine rings is 1. The second-order valence-corrected chi connectivity index (χ2v) is 7.03. The average Bonchev–Trinajstić information content (AvgIpc) is 3.15. The van der Waals surface area contributed by atoms with E-state index in [0.717, 1.165) is 37.7 Å². The second kappa shape index (κ2) is 7.41. The van der Waals surface area contributed by atoms with Crippen molar-refractivity contribution in [1.29, 1.82) is 0 Å². The highest BCUT2D eigenvalue weighted by molar-refractivity contribution is 5.94. The second-order valence-electron chi connectivity index (χ2n) is 7.03. The zero-order chi connectivity index (χ0) is 19.7. The van der Waals surface area contributed by atoms with Crippen LogP contribution in [0.2, 0.25) is 0 Å². The van der Waals surface area contributed by atoms with Crippen molar-refractivity contribution in [3.8, 4) is 0 Å². The Morgan fingerprint density at radius 3 is 2.64 bits per heavy atom. The molecule has 0 atom stereocenters. The molecule has 9 heteroatoms. The van der Waals surface area contributed by atoms with E-state index in [9.17, 15) is 4.79 Å². The summed E-state index contributed by atoms with van der Waals surface area (Å²) < 4.78 is 7.13. The lowest BCUT2D eigenvalue weighted by molar-refractivity contribution is 0.0378. The van der Waals surface area contributed by atoms with Crippen molar-refractivity contribution >= 4 is 23.4 Å². The van der Waals surface area contributed by atoms with Crippen LogP contribution in [0.15, 0.2) is 30.7 Å². The maximum Gasteiger partial charge on any atom is 0.342 e. The first-order chi connectivity index (χ1) is 13.5. The number of hydrogen-bond acceptors (Lipinski definition) is 8. The van der Waals surface area contributed by atoms with Gasteiger partial charge < -0.3 is 14.5 Å². The van der Waals surface area contributed by atoms with Crippen LogP contribution < -0.4 is 9.80 Å². The van der Waals surface area contributed by atoms with Gasteiger partial charge in [-0.3, -0.25) is 0 Å². The average molecular weight is 381 g/mol. The molecule has 4 rings (SSSR count). The third-order valence-electron chi connectivity index (χ3n) is 4.61. The maximum atomic E-state index is 12.4. The minimum atomic E-state index is -0.338. The summed E-state index contributed by atoms with van der Waals surface area (Å²) in [4.78, 5) is 29.9. The van der Waals surface area contributed by atoms with Crippen LogP contribution in [0.1, 0.15) is 29.9 Å². The SMILES string of the molecule is Cc1cc(N2CCN(c3ncccc3C(=O)OC(C)C)CC2)n2ncnc2n1. The quantitative estimate of drug-likeness (QED) is 0.631. The number of aryl methyl sites for hydroxylation is 1. The van der Waals surface area contributed by atoms with Gasteiger partial charge in [-0.25, -0.2) is 14.8 Å². The lowest BCUT2D eigenvalue weighted by atomic mass is 10.2. The topological polar surface area (TPSA) is 88.8 Å². The van der Waals surface area contributed by atoms with Crippen molar-refractivity contribution in [3.05, 3.63) is 42.0 Å². The van der Waals surface area contributed by atoms with E-state index < -0.39 is 0 Å². The number of ether oxygens (including phenoxy) is 1. The Morgan fingerprint density at radius 1 is 1.14 bits per heavy atom. The number of carbonyl (C=O) groups is 1. The van der Waals surface area contributed by atoms with Crippen molar-refractivity contribution < 1.29 is 9.53 Å². The molecule has 0 saturated carbocycles. The van der Waals surface area contributed by atoms with E-state index in [1.54, 1.807) is 22.8 Å². The number of anilines is 2. The summed E-state index contributed by atoms with van der Waals surface area (Å²) in [6, 6.07) is 5.55. The van der Waals surface area contributed by atoms with Gasteiger partial charge in [-0.1, -0.05) is 0 Å². The number of hydrogen-bond donors (Lipinski definition) is 0. The molecule has 4 heterocycles. The third-order valence-corrected chi connectivity index (χ3v) is 4.61. The molecule has 0 aromatic carbocycles. The van der Waals surface area contributed by atoms with Crippen LogP contribution in [-0.2, 0) is 4.74 Å². The predicted molar refractivity (Wildman–Crippen MR) is 105 cm³/mol. The summed E-state index contributed by atoms with van der Waals surface area (Å²) >= 11 is 0. The van der Waals surface area contributed by atoms with Crippen LogP contribution in [0.3, 0.4) is 0 Å². The molecule has 1 saturated heterocycles. The van der Waals surface area contributed by atoms with Crippen molar-refractivity contribution in [1.82, 2.24) is 24.6 Å². The van der Waals surface area contributed by atoms with Crippen LogP contribution >= 0.6 is 0 Å². The highest BCUT2D eigenvalue weighted by atomic mass is 16.5. The van der Waals surface area contributed by atoms with Crippen LogP contribution in [0.4, 0.5) is 11.6 Å². The first kappa shape index (κ1) is 18.1.